The molecule has 1 fully saturated rings. The predicted octanol–water partition coefficient (Wildman–Crippen LogP) is 2.60. The van der Waals surface area contributed by atoms with Crippen molar-refractivity contribution in [2.75, 3.05) is 0 Å². The lowest BCUT2D eigenvalue weighted by atomic mass is 9.99. The van der Waals surface area contributed by atoms with Gasteiger partial charge in [-0.25, -0.2) is 4.39 Å². The molecule has 2 N–H and O–H groups in total. The average Bonchev–Trinajstić information content (AvgIpc) is 2.98. The number of nitrogens with two attached hydrogens (primary N) is 1. The van der Waals surface area contributed by atoms with E-state index in [0.717, 1.165) is 25.7 Å². The minimum Gasteiger partial charge on any atom is -0.337 e. The van der Waals surface area contributed by atoms with E-state index in [-0.39, 0.29) is 5.82 Å². The second-order valence-corrected chi connectivity index (χ2v) is 4.80. The van der Waals surface area contributed by atoms with Crippen LogP contribution in [0.4, 0.5) is 4.39 Å². The molecular weight excluding hydrogens is 233 g/mol. The van der Waals surface area contributed by atoms with Crippen molar-refractivity contribution in [1.82, 2.24) is 10.1 Å². The molecule has 0 amide bonds. The number of halogens is 1. The molecule has 1 aliphatic rings. The smallest absolute Gasteiger partial charge is 0.247 e. The number of nitrogens with zero attached hydrogens (tertiary/aromatic N) is 2. The number of hydrogen-bond acceptors (Lipinski definition) is 4. The van der Waals surface area contributed by atoms with Crippen molar-refractivity contribution in [1.29, 1.82) is 0 Å². The number of aromatic nitrogens is 2. The van der Waals surface area contributed by atoms with Crippen molar-refractivity contribution < 1.29 is 8.91 Å². The van der Waals surface area contributed by atoms with E-state index in [0.29, 0.717) is 17.3 Å². The highest BCUT2D eigenvalue weighted by Gasteiger charge is 2.36. The first-order valence-corrected chi connectivity index (χ1v) is 6.06. The van der Waals surface area contributed by atoms with Gasteiger partial charge in [0.05, 0.1) is 5.54 Å². The second kappa shape index (κ2) is 4.17. The molecule has 18 heavy (non-hydrogen) atoms. The second-order valence-electron chi connectivity index (χ2n) is 4.80. The van der Waals surface area contributed by atoms with Gasteiger partial charge in [0.25, 0.3) is 0 Å². The summed E-state index contributed by atoms with van der Waals surface area (Å²) in [7, 11) is 0. The molecule has 1 aliphatic carbocycles. The summed E-state index contributed by atoms with van der Waals surface area (Å²) in [6.07, 6.45) is 3.87. The van der Waals surface area contributed by atoms with E-state index in [1.807, 2.05) is 0 Å². The Morgan fingerprint density at radius 1 is 1.28 bits per heavy atom. The Kier molecular flexibility index (Phi) is 2.63. The lowest BCUT2D eigenvalue weighted by molar-refractivity contribution is 0.285. The molecule has 3 rings (SSSR count). The first-order chi connectivity index (χ1) is 8.67. The predicted molar refractivity (Wildman–Crippen MR) is 64.0 cm³/mol. The summed E-state index contributed by atoms with van der Waals surface area (Å²) in [5, 5.41) is 3.88. The van der Waals surface area contributed by atoms with Crippen LogP contribution in [-0.4, -0.2) is 10.1 Å². The third kappa shape index (κ3) is 1.90. The summed E-state index contributed by atoms with van der Waals surface area (Å²) < 4.78 is 18.4. The molecule has 1 heterocycles. The van der Waals surface area contributed by atoms with Crippen molar-refractivity contribution in [3.05, 3.63) is 36.0 Å². The quantitative estimate of drug-likeness (QED) is 0.885. The zero-order chi connectivity index (χ0) is 12.6. The SMILES string of the molecule is NC1(c2nc(-c3cccc(F)c3)no2)CCCC1. The lowest BCUT2D eigenvalue weighted by Gasteiger charge is -2.17. The maximum atomic E-state index is 13.1. The molecular formula is C13H14FN3O. The van der Waals surface area contributed by atoms with Crippen LogP contribution in [0.2, 0.25) is 0 Å². The fraction of sp³-hybridized carbons (Fsp3) is 0.385. The molecule has 4 nitrogen and oxygen atoms in total. The van der Waals surface area contributed by atoms with E-state index >= 15 is 0 Å². The maximum absolute atomic E-state index is 13.1. The molecule has 0 bridgehead atoms. The van der Waals surface area contributed by atoms with Gasteiger partial charge in [-0.15, -0.1) is 0 Å². The van der Waals surface area contributed by atoms with Crippen molar-refractivity contribution in [3.63, 3.8) is 0 Å². The van der Waals surface area contributed by atoms with E-state index in [1.165, 1.54) is 12.1 Å². The Balaban J connectivity index is 1.94. The standard InChI is InChI=1S/C13H14FN3O/c14-10-5-3-4-9(8-10)11-16-12(18-17-11)13(15)6-1-2-7-13/h3-5,8H,1-2,6-7,15H2. The average molecular weight is 247 g/mol. The van der Waals surface area contributed by atoms with Crippen molar-refractivity contribution in [3.8, 4) is 11.4 Å². The highest BCUT2D eigenvalue weighted by Crippen LogP contribution is 2.35. The Bertz CT molecular complexity index is 561. The van der Waals surface area contributed by atoms with Gasteiger partial charge >= 0.3 is 0 Å². The van der Waals surface area contributed by atoms with Gasteiger partial charge < -0.3 is 10.3 Å². The van der Waals surface area contributed by atoms with E-state index in [2.05, 4.69) is 10.1 Å². The molecule has 0 spiro atoms. The zero-order valence-electron chi connectivity index (χ0n) is 9.90. The van der Waals surface area contributed by atoms with Gasteiger partial charge in [0.2, 0.25) is 11.7 Å². The Labute approximate surface area is 104 Å². The highest BCUT2D eigenvalue weighted by molar-refractivity contribution is 5.54. The minimum absolute atomic E-state index is 0.317. The lowest BCUT2D eigenvalue weighted by Crippen LogP contribution is -2.33. The Hall–Kier alpha value is -1.75. The Morgan fingerprint density at radius 3 is 2.78 bits per heavy atom. The molecule has 0 aliphatic heterocycles. The van der Waals surface area contributed by atoms with Gasteiger partial charge in [-0.05, 0) is 25.0 Å². The molecule has 1 saturated carbocycles. The van der Waals surface area contributed by atoms with Crippen LogP contribution in [0, 0.1) is 5.82 Å². The number of rotatable bonds is 2. The largest absolute Gasteiger partial charge is 0.337 e. The van der Waals surface area contributed by atoms with Crippen LogP contribution in [0.15, 0.2) is 28.8 Å². The number of hydrogen-bond donors (Lipinski definition) is 1. The molecule has 5 heteroatoms. The van der Waals surface area contributed by atoms with E-state index in [4.69, 9.17) is 10.3 Å². The van der Waals surface area contributed by atoms with E-state index < -0.39 is 5.54 Å². The summed E-state index contributed by atoms with van der Waals surface area (Å²) >= 11 is 0. The molecule has 0 radical (unpaired) electrons. The van der Waals surface area contributed by atoms with Gasteiger partial charge in [-0.2, -0.15) is 4.98 Å². The van der Waals surface area contributed by atoms with Gasteiger partial charge in [-0.1, -0.05) is 30.1 Å². The topological polar surface area (TPSA) is 64.9 Å². The van der Waals surface area contributed by atoms with Crippen LogP contribution in [0.25, 0.3) is 11.4 Å². The van der Waals surface area contributed by atoms with Crippen LogP contribution in [-0.2, 0) is 5.54 Å². The van der Waals surface area contributed by atoms with Crippen LogP contribution < -0.4 is 5.73 Å². The fourth-order valence-electron chi connectivity index (χ4n) is 2.39. The van der Waals surface area contributed by atoms with Crippen LogP contribution >= 0.6 is 0 Å². The van der Waals surface area contributed by atoms with Crippen molar-refractivity contribution in [2.24, 2.45) is 5.73 Å². The molecule has 0 atom stereocenters. The number of benzene rings is 1. The van der Waals surface area contributed by atoms with Crippen LogP contribution in [0.3, 0.4) is 0 Å². The third-order valence-electron chi connectivity index (χ3n) is 3.43. The van der Waals surface area contributed by atoms with Crippen LogP contribution in [0.1, 0.15) is 31.6 Å². The third-order valence-corrected chi connectivity index (χ3v) is 3.43. The summed E-state index contributed by atoms with van der Waals surface area (Å²) in [5.41, 5.74) is 6.33. The highest BCUT2D eigenvalue weighted by atomic mass is 19.1. The molecule has 1 aromatic carbocycles. The monoisotopic (exact) mass is 247 g/mol. The van der Waals surface area contributed by atoms with Gasteiger partial charge in [0, 0.05) is 5.56 Å². The maximum Gasteiger partial charge on any atom is 0.247 e. The van der Waals surface area contributed by atoms with Gasteiger partial charge in [0.15, 0.2) is 0 Å². The summed E-state index contributed by atoms with van der Waals surface area (Å²) in [5.74, 6) is 0.530. The fourth-order valence-corrected chi connectivity index (χ4v) is 2.39. The van der Waals surface area contributed by atoms with Gasteiger partial charge in [0.1, 0.15) is 5.82 Å². The van der Waals surface area contributed by atoms with Crippen LogP contribution in [0.5, 0.6) is 0 Å². The summed E-state index contributed by atoms with van der Waals surface area (Å²) in [6, 6.07) is 6.13. The minimum atomic E-state index is -0.501. The van der Waals surface area contributed by atoms with E-state index in [1.54, 1.807) is 12.1 Å². The van der Waals surface area contributed by atoms with Crippen molar-refractivity contribution >= 4 is 0 Å². The first kappa shape index (κ1) is 11.3. The molecule has 0 unspecified atom stereocenters. The Morgan fingerprint density at radius 2 is 2.06 bits per heavy atom. The zero-order valence-corrected chi connectivity index (χ0v) is 9.90. The summed E-state index contributed by atoms with van der Waals surface area (Å²) in [4.78, 5) is 4.31. The molecule has 94 valence electrons. The normalized spacial score (nSPS) is 18.1. The molecule has 2 aromatic rings. The van der Waals surface area contributed by atoms with Gasteiger partial charge in [-0.3, -0.25) is 0 Å². The van der Waals surface area contributed by atoms with Crippen molar-refractivity contribution in [2.45, 2.75) is 31.2 Å². The molecule has 0 saturated heterocycles. The molecule has 1 aromatic heterocycles. The van der Waals surface area contributed by atoms with E-state index in [9.17, 15) is 4.39 Å². The first-order valence-electron chi connectivity index (χ1n) is 6.06. The summed E-state index contributed by atoms with van der Waals surface area (Å²) in [6.45, 7) is 0.